The number of hydrogen-bond acceptors (Lipinski definition) is 5. The third-order valence-corrected chi connectivity index (χ3v) is 3.87. The summed E-state index contributed by atoms with van der Waals surface area (Å²) in [5.74, 6) is 0.631. The Morgan fingerprint density at radius 1 is 1.39 bits per heavy atom. The molecule has 1 aromatic carbocycles. The molecule has 2 aromatic rings. The molecule has 1 aliphatic rings. The van der Waals surface area contributed by atoms with Crippen LogP contribution in [0, 0.1) is 0 Å². The molecule has 4 N–H and O–H groups in total. The normalized spacial score (nSPS) is 23.8. The van der Waals surface area contributed by atoms with Gasteiger partial charge in [-0.2, -0.15) is 0 Å². The van der Waals surface area contributed by atoms with Gasteiger partial charge in [-0.15, -0.1) is 0 Å². The topological polar surface area (TPSA) is 99.3 Å². The molecule has 0 aliphatic carbocycles. The van der Waals surface area contributed by atoms with Gasteiger partial charge in [0.15, 0.2) is 0 Å². The highest BCUT2D eigenvalue weighted by atomic mass is 16.5. The highest BCUT2D eigenvalue weighted by molar-refractivity contribution is 5.94. The Morgan fingerprint density at radius 2 is 2.22 bits per heavy atom. The number of benzene rings is 1. The number of aliphatic hydroxyl groups excluding tert-OH is 1. The van der Waals surface area contributed by atoms with Gasteiger partial charge in [-0.25, -0.2) is 4.98 Å². The van der Waals surface area contributed by atoms with Crippen molar-refractivity contribution in [1.82, 2.24) is 20.6 Å². The van der Waals surface area contributed by atoms with E-state index in [0.29, 0.717) is 18.7 Å². The van der Waals surface area contributed by atoms with Gasteiger partial charge in [-0.3, -0.25) is 4.79 Å². The van der Waals surface area contributed by atoms with E-state index in [0.717, 1.165) is 5.82 Å². The maximum absolute atomic E-state index is 12.0. The van der Waals surface area contributed by atoms with Gasteiger partial charge in [-0.05, 0) is 12.1 Å². The Hall–Kier alpha value is -2.22. The summed E-state index contributed by atoms with van der Waals surface area (Å²) in [7, 11) is 0. The van der Waals surface area contributed by atoms with Crippen LogP contribution in [0.1, 0.15) is 16.2 Å². The number of carbonyl (C=O) groups excluding carboxylic acids is 1. The maximum Gasteiger partial charge on any atom is 0.251 e. The molecule has 23 heavy (non-hydrogen) atoms. The number of aromatic amines is 1. The second kappa shape index (κ2) is 7.36. The summed E-state index contributed by atoms with van der Waals surface area (Å²) in [5, 5.41) is 16.3. The minimum Gasteiger partial charge on any atom is -0.389 e. The van der Waals surface area contributed by atoms with Crippen LogP contribution in [0.5, 0.6) is 0 Å². The number of aromatic nitrogens is 2. The number of nitrogens with one attached hydrogen (secondary N) is 3. The van der Waals surface area contributed by atoms with E-state index in [2.05, 4.69) is 20.6 Å². The van der Waals surface area contributed by atoms with Crippen molar-refractivity contribution < 1.29 is 14.6 Å². The lowest BCUT2D eigenvalue weighted by atomic mass is 10.1. The van der Waals surface area contributed by atoms with Crippen LogP contribution >= 0.6 is 0 Å². The molecule has 7 heteroatoms. The number of aliphatic hydroxyl groups is 1. The van der Waals surface area contributed by atoms with E-state index in [9.17, 15) is 9.90 Å². The summed E-state index contributed by atoms with van der Waals surface area (Å²) < 4.78 is 5.58. The number of hydrogen-bond donors (Lipinski definition) is 4. The molecule has 0 saturated carbocycles. The standard InChI is InChI=1S/C16H20N4O3/c21-15-12(19-9-14-17-6-7-18-14)10-23-13(15)8-20-16(22)11-4-2-1-3-5-11/h1-7,12-13,15,19,21H,8-10H2,(H,17,18)(H,20,22)/t12-,13-,15+/m1/s1. The first kappa shape index (κ1) is 15.7. The Balaban J connectivity index is 1.45. The van der Waals surface area contributed by atoms with E-state index < -0.39 is 12.2 Å². The van der Waals surface area contributed by atoms with Gasteiger partial charge >= 0.3 is 0 Å². The van der Waals surface area contributed by atoms with Crippen molar-refractivity contribution in [1.29, 1.82) is 0 Å². The molecule has 1 saturated heterocycles. The van der Waals surface area contributed by atoms with E-state index >= 15 is 0 Å². The zero-order valence-corrected chi connectivity index (χ0v) is 12.6. The second-order valence-electron chi connectivity index (χ2n) is 5.46. The van der Waals surface area contributed by atoms with Crippen LogP contribution in [-0.4, -0.2) is 52.4 Å². The highest BCUT2D eigenvalue weighted by Crippen LogP contribution is 2.14. The smallest absolute Gasteiger partial charge is 0.251 e. The van der Waals surface area contributed by atoms with Crippen LogP contribution in [0.2, 0.25) is 0 Å². The summed E-state index contributed by atoms with van der Waals surface area (Å²) in [5.41, 5.74) is 0.590. The molecule has 2 heterocycles. The lowest BCUT2D eigenvalue weighted by Crippen LogP contribution is -2.44. The third-order valence-electron chi connectivity index (χ3n) is 3.87. The number of rotatable bonds is 6. The summed E-state index contributed by atoms with van der Waals surface area (Å²) in [6, 6.07) is 8.79. The molecular weight excluding hydrogens is 296 g/mol. The van der Waals surface area contributed by atoms with Crippen molar-refractivity contribution in [3.63, 3.8) is 0 Å². The minimum absolute atomic E-state index is 0.173. The van der Waals surface area contributed by atoms with Crippen LogP contribution in [0.4, 0.5) is 0 Å². The lowest BCUT2D eigenvalue weighted by Gasteiger charge is -2.18. The van der Waals surface area contributed by atoms with E-state index in [1.54, 1.807) is 24.5 Å². The second-order valence-corrected chi connectivity index (χ2v) is 5.46. The van der Waals surface area contributed by atoms with Crippen molar-refractivity contribution in [3.8, 4) is 0 Å². The quantitative estimate of drug-likeness (QED) is 0.604. The van der Waals surface area contributed by atoms with Crippen LogP contribution in [0.25, 0.3) is 0 Å². The zero-order chi connectivity index (χ0) is 16.1. The van der Waals surface area contributed by atoms with Crippen LogP contribution < -0.4 is 10.6 Å². The molecule has 122 valence electrons. The lowest BCUT2D eigenvalue weighted by molar-refractivity contribution is 0.0398. The summed E-state index contributed by atoms with van der Waals surface area (Å²) in [6.45, 7) is 1.20. The number of ether oxygens (including phenoxy) is 1. The van der Waals surface area contributed by atoms with E-state index in [1.165, 1.54) is 0 Å². The number of amides is 1. The molecule has 0 unspecified atom stereocenters. The molecular formula is C16H20N4O3. The molecule has 1 fully saturated rings. The predicted octanol–water partition coefficient (Wildman–Crippen LogP) is 0.0576. The van der Waals surface area contributed by atoms with Crippen molar-refractivity contribution in [2.45, 2.75) is 24.8 Å². The Morgan fingerprint density at radius 3 is 2.96 bits per heavy atom. The molecule has 7 nitrogen and oxygen atoms in total. The fourth-order valence-corrected chi connectivity index (χ4v) is 2.55. The first-order valence-electron chi connectivity index (χ1n) is 7.58. The average molecular weight is 316 g/mol. The number of H-pyrrole nitrogens is 1. The van der Waals surface area contributed by atoms with Gasteiger partial charge < -0.3 is 25.5 Å². The van der Waals surface area contributed by atoms with E-state index in [4.69, 9.17) is 4.74 Å². The van der Waals surface area contributed by atoms with Gasteiger partial charge in [-0.1, -0.05) is 18.2 Å². The molecule has 1 aromatic heterocycles. The van der Waals surface area contributed by atoms with Gasteiger partial charge in [0.1, 0.15) is 11.9 Å². The number of nitrogens with zero attached hydrogens (tertiary/aromatic N) is 1. The van der Waals surface area contributed by atoms with Crippen LogP contribution in [0.3, 0.4) is 0 Å². The Kier molecular flexibility index (Phi) is 5.02. The Bertz CT molecular complexity index is 618. The third kappa shape index (κ3) is 3.95. The fourth-order valence-electron chi connectivity index (χ4n) is 2.55. The molecule has 1 aliphatic heterocycles. The van der Waals surface area contributed by atoms with Crippen LogP contribution in [0.15, 0.2) is 42.7 Å². The number of carbonyl (C=O) groups is 1. The monoisotopic (exact) mass is 316 g/mol. The van der Waals surface area contributed by atoms with Gasteiger partial charge in [0.2, 0.25) is 0 Å². The Labute approximate surface area is 134 Å². The van der Waals surface area contributed by atoms with Gasteiger partial charge in [0.25, 0.3) is 5.91 Å². The van der Waals surface area contributed by atoms with Gasteiger partial charge in [0, 0.05) is 24.5 Å². The fraction of sp³-hybridized carbons (Fsp3) is 0.375. The van der Waals surface area contributed by atoms with Crippen molar-refractivity contribution >= 4 is 5.91 Å². The van der Waals surface area contributed by atoms with Crippen molar-refractivity contribution in [2.75, 3.05) is 13.2 Å². The van der Waals surface area contributed by atoms with E-state index in [-0.39, 0.29) is 18.5 Å². The van der Waals surface area contributed by atoms with E-state index in [1.807, 2.05) is 18.2 Å². The minimum atomic E-state index is -0.680. The molecule has 0 radical (unpaired) electrons. The maximum atomic E-state index is 12.0. The molecule has 3 rings (SSSR count). The largest absolute Gasteiger partial charge is 0.389 e. The van der Waals surface area contributed by atoms with Crippen molar-refractivity contribution in [2.24, 2.45) is 0 Å². The number of imidazole rings is 1. The molecule has 1 amide bonds. The zero-order valence-electron chi connectivity index (χ0n) is 12.6. The molecule has 0 spiro atoms. The van der Waals surface area contributed by atoms with Crippen molar-refractivity contribution in [3.05, 3.63) is 54.1 Å². The first-order chi connectivity index (χ1) is 11.2. The SMILES string of the molecule is O=C(NC[C@H]1OC[C@@H](NCc2ncc[nH]2)[C@@H]1O)c1ccccc1. The van der Waals surface area contributed by atoms with Gasteiger partial charge in [0.05, 0.1) is 25.3 Å². The highest BCUT2D eigenvalue weighted by Gasteiger charge is 2.35. The summed E-state index contributed by atoms with van der Waals surface area (Å²) in [6.07, 6.45) is 2.33. The summed E-state index contributed by atoms with van der Waals surface area (Å²) in [4.78, 5) is 19.1. The first-order valence-corrected chi connectivity index (χ1v) is 7.58. The van der Waals surface area contributed by atoms with Crippen LogP contribution in [-0.2, 0) is 11.3 Å². The summed E-state index contributed by atoms with van der Waals surface area (Å²) >= 11 is 0. The molecule has 0 bridgehead atoms. The predicted molar refractivity (Wildman–Crippen MR) is 83.7 cm³/mol. The average Bonchev–Trinajstić information content (AvgIpc) is 3.22. The molecule has 3 atom stereocenters.